The third kappa shape index (κ3) is 2.96. The average Bonchev–Trinajstić information content (AvgIpc) is 2.90. The first-order valence-electron chi connectivity index (χ1n) is 6.46. The molecule has 4 nitrogen and oxygen atoms in total. The number of aromatic nitrogens is 1. The monoisotopic (exact) mass is 260 g/mol. The molecule has 0 amide bonds. The van der Waals surface area contributed by atoms with Gasteiger partial charge in [0.1, 0.15) is 12.0 Å². The lowest BCUT2D eigenvalue weighted by Crippen LogP contribution is -2.28. The molecule has 0 aliphatic carbocycles. The summed E-state index contributed by atoms with van der Waals surface area (Å²) in [6, 6.07) is 7.72. The zero-order chi connectivity index (χ0) is 13.9. The number of hydrogen-bond acceptors (Lipinski definition) is 4. The van der Waals surface area contributed by atoms with Crippen LogP contribution >= 0.6 is 0 Å². The zero-order valence-electron chi connectivity index (χ0n) is 11.6. The minimum absolute atomic E-state index is 0.181. The van der Waals surface area contributed by atoms with E-state index < -0.39 is 0 Å². The van der Waals surface area contributed by atoms with E-state index in [1.165, 1.54) is 0 Å². The fraction of sp³-hybridized carbons (Fsp3) is 0.400. The maximum Gasteiger partial charge on any atom is 0.226 e. The molecule has 0 atom stereocenters. The summed E-state index contributed by atoms with van der Waals surface area (Å²) < 4.78 is 11.0. The Morgan fingerprint density at radius 2 is 2.16 bits per heavy atom. The quantitative estimate of drug-likeness (QED) is 0.897. The van der Waals surface area contributed by atoms with Gasteiger partial charge in [-0.25, -0.2) is 4.98 Å². The van der Waals surface area contributed by atoms with E-state index in [1.54, 1.807) is 6.26 Å². The summed E-state index contributed by atoms with van der Waals surface area (Å²) in [5.74, 6) is 1.41. The maximum atomic E-state index is 5.75. The predicted molar refractivity (Wildman–Crippen MR) is 75.2 cm³/mol. The Bertz CT molecular complexity index is 547. The summed E-state index contributed by atoms with van der Waals surface area (Å²) in [5.41, 5.74) is 7.34. The third-order valence-electron chi connectivity index (χ3n) is 3.10. The molecule has 2 rings (SSSR count). The fourth-order valence-electron chi connectivity index (χ4n) is 1.71. The van der Waals surface area contributed by atoms with Crippen LogP contribution in [0.25, 0.3) is 11.5 Å². The van der Waals surface area contributed by atoms with Crippen molar-refractivity contribution in [3.63, 3.8) is 0 Å². The van der Waals surface area contributed by atoms with Gasteiger partial charge in [-0.05, 0) is 25.1 Å². The predicted octanol–water partition coefficient (Wildman–Crippen LogP) is 2.98. The number of nitrogens with two attached hydrogens (primary N) is 1. The van der Waals surface area contributed by atoms with E-state index >= 15 is 0 Å². The topological polar surface area (TPSA) is 61.3 Å². The molecule has 0 radical (unpaired) electrons. The summed E-state index contributed by atoms with van der Waals surface area (Å²) >= 11 is 0. The second-order valence-corrected chi connectivity index (χ2v) is 5.09. The van der Waals surface area contributed by atoms with Crippen molar-refractivity contribution in [2.24, 2.45) is 5.73 Å². The van der Waals surface area contributed by atoms with Crippen molar-refractivity contribution in [1.29, 1.82) is 0 Å². The molecule has 0 aliphatic rings. The first kappa shape index (κ1) is 13.6. The van der Waals surface area contributed by atoms with E-state index in [-0.39, 0.29) is 5.41 Å². The van der Waals surface area contributed by atoms with E-state index in [1.807, 2.05) is 45.0 Å². The van der Waals surface area contributed by atoms with E-state index in [2.05, 4.69) is 4.98 Å². The Morgan fingerprint density at radius 1 is 1.37 bits per heavy atom. The molecule has 19 heavy (non-hydrogen) atoms. The molecule has 0 saturated heterocycles. The van der Waals surface area contributed by atoms with Crippen LogP contribution in [0.15, 0.2) is 34.9 Å². The maximum absolute atomic E-state index is 5.75. The fourth-order valence-corrected chi connectivity index (χ4v) is 1.71. The highest BCUT2D eigenvalue weighted by Gasteiger charge is 2.23. The van der Waals surface area contributed by atoms with E-state index in [9.17, 15) is 0 Å². The van der Waals surface area contributed by atoms with Crippen LogP contribution in [0.1, 0.15) is 26.5 Å². The summed E-state index contributed by atoms with van der Waals surface area (Å²) in [5, 5.41) is 0. The minimum Gasteiger partial charge on any atom is -0.494 e. The Kier molecular flexibility index (Phi) is 3.90. The molecule has 102 valence electrons. The molecule has 0 spiro atoms. The first-order chi connectivity index (χ1) is 9.06. The number of nitrogens with zero attached hydrogens (tertiary/aromatic N) is 1. The van der Waals surface area contributed by atoms with Gasteiger partial charge in [0, 0.05) is 17.5 Å². The van der Waals surface area contributed by atoms with Crippen molar-refractivity contribution >= 4 is 0 Å². The molecule has 1 heterocycles. The van der Waals surface area contributed by atoms with Crippen LogP contribution < -0.4 is 10.5 Å². The van der Waals surface area contributed by atoms with E-state index in [0.29, 0.717) is 19.0 Å². The van der Waals surface area contributed by atoms with E-state index in [0.717, 1.165) is 17.0 Å². The first-order valence-corrected chi connectivity index (χ1v) is 6.46. The average molecular weight is 260 g/mol. The molecule has 0 saturated carbocycles. The molecule has 0 bridgehead atoms. The highest BCUT2D eigenvalue weighted by atomic mass is 16.5. The zero-order valence-corrected chi connectivity index (χ0v) is 11.6. The molecule has 0 aliphatic heterocycles. The van der Waals surface area contributed by atoms with Crippen LogP contribution in [0.5, 0.6) is 5.75 Å². The lowest BCUT2D eigenvalue weighted by Gasteiger charge is -2.18. The van der Waals surface area contributed by atoms with Gasteiger partial charge in [0.05, 0.1) is 12.3 Å². The van der Waals surface area contributed by atoms with Crippen molar-refractivity contribution in [1.82, 2.24) is 4.98 Å². The Hall–Kier alpha value is -1.81. The molecular formula is C15H20N2O2. The normalized spacial score (nSPS) is 11.6. The number of rotatable bonds is 5. The van der Waals surface area contributed by atoms with Gasteiger partial charge in [-0.15, -0.1) is 0 Å². The minimum atomic E-state index is -0.181. The van der Waals surface area contributed by atoms with Gasteiger partial charge in [-0.2, -0.15) is 0 Å². The second kappa shape index (κ2) is 5.45. The van der Waals surface area contributed by atoms with Gasteiger partial charge in [0.25, 0.3) is 0 Å². The molecule has 1 aromatic heterocycles. The van der Waals surface area contributed by atoms with Crippen LogP contribution in [0.2, 0.25) is 0 Å². The van der Waals surface area contributed by atoms with Gasteiger partial charge < -0.3 is 14.9 Å². The molecule has 4 heteroatoms. The lowest BCUT2D eigenvalue weighted by atomic mass is 9.90. The summed E-state index contributed by atoms with van der Waals surface area (Å²) in [6.45, 7) is 7.22. The Morgan fingerprint density at radius 3 is 2.84 bits per heavy atom. The molecule has 1 aromatic carbocycles. The molecule has 2 aromatic rings. The summed E-state index contributed by atoms with van der Waals surface area (Å²) in [6.07, 6.45) is 1.68. The SMILES string of the molecule is CCOc1cccc(-c2nc(C(C)(C)CN)co2)c1. The van der Waals surface area contributed by atoms with Gasteiger partial charge in [0.2, 0.25) is 5.89 Å². The highest BCUT2D eigenvalue weighted by Crippen LogP contribution is 2.27. The summed E-state index contributed by atoms with van der Waals surface area (Å²) in [4.78, 5) is 4.52. The van der Waals surface area contributed by atoms with Gasteiger partial charge in [-0.3, -0.25) is 0 Å². The highest BCUT2D eigenvalue weighted by molar-refractivity contribution is 5.56. The Balaban J connectivity index is 2.30. The summed E-state index contributed by atoms with van der Waals surface area (Å²) in [7, 11) is 0. The smallest absolute Gasteiger partial charge is 0.226 e. The van der Waals surface area contributed by atoms with Crippen LogP contribution in [-0.2, 0) is 5.41 Å². The molecule has 2 N–H and O–H groups in total. The van der Waals surface area contributed by atoms with Gasteiger partial charge >= 0.3 is 0 Å². The van der Waals surface area contributed by atoms with Crippen LogP contribution in [0, 0.1) is 0 Å². The van der Waals surface area contributed by atoms with Crippen LogP contribution in [0.3, 0.4) is 0 Å². The number of oxazole rings is 1. The largest absolute Gasteiger partial charge is 0.494 e. The molecule has 0 fully saturated rings. The standard InChI is InChI=1S/C15H20N2O2/c1-4-18-12-7-5-6-11(8-12)14-17-13(9-19-14)15(2,3)10-16/h5-9H,4,10,16H2,1-3H3. The van der Waals surface area contributed by atoms with Crippen molar-refractivity contribution in [2.75, 3.05) is 13.2 Å². The van der Waals surface area contributed by atoms with Crippen molar-refractivity contribution in [2.45, 2.75) is 26.2 Å². The van der Waals surface area contributed by atoms with Crippen molar-refractivity contribution in [3.05, 3.63) is 36.2 Å². The lowest BCUT2D eigenvalue weighted by molar-refractivity contribution is 0.340. The van der Waals surface area contributed by atoms with Gasteiger partial charge in [0.15, 0.2) is 0 Å². The Labute approximate surface area is 113 Å². The number of ether oxygens (including phenoxy) is 1. The number of benzene rings is 1. The third-order valence-corrected chi connectivity index (χ3v) is 3.10. The molecule has 0 unspecified atom stereocenters. The van der Waals surface area contributed by atoms with Crippen LogP contribution in [-0.4, -0.2) is 18.1 Å². The number of hydrogen-bond donors (Lipinski definition) is 1. The van der Waals surface area contributed by atoms with Crippen molar-refractivity contribution < 1.29 is 9.15 Å². The van der Waals surface area contributed by atoms with E-state index in [4.69, 9.17) is 14.9 Å². The van der Waals surface area contributed by atoms with Gasteiger partial charge in [-0.1, -0.05) is 19.9 Å². The molecular weight excluding hydrogens is 240 g/mol. The van der Waals surface area contributed by atoms with Crippen LogP contribution in [0.4, 0.5) is 0 Å². The second-order valence-electron chi connectivity index (χ2n) is 5.09. The van der Waals surface area contributed by atoms with Crippen molar-refractivity contribution in [3.8, 4) is 17.2 Å².